The summed E-state index contributed by atoms with van der Waals surface area (Å²) < 4.78 is 18.8. The minimum absolute atomic E-state index is 0.165. The third-order valence-electron chi connectivity index (χ3n) is 13.0. The Balaban J connectivity index is 1.18. The van der Waals surface area contributed by atoms with Crippen LogP contribution < -0.4 is 0 Å². The molecule has 5 fully saturated rings. The zero-order chi connectivity index (χ0) is 31.1. The van der Waals surface area contributed by atoms with Crippen LogP contribution in [0.2, 0.25) is 0 Å². The number of hydrogen-bond acceptors (Lipinski definition) is 8. The van der Waals surface area contributed by atoms with Crippen molar-refractivity contribution in [2.24, 2.45) is 52.3 Å². The summed E-state index contributed by atoms with van der Waals surface area (Å²) in [5.41, 5.74) is 1.04. The molecular formula is C33H48O10. The Morgan fingerprint density at radius 1 is 1.12 bits per heavy atom. The number of aliphatic hydroxyl groups excluding tert-OH is 2. The van der Waals surface area contributed by atoms with E-state index < -0.39 is 54.3 Å². The monoisotopic (exact) mass is 604 g/mol. The Labute approximate surface area is 253 Å². The van der Waals surface area contributed by atoms with Gasteiger partial charge in [0.1, 0.15) is 12.0 Å². The topological polar surface area (TPSA) is 160 Å². The zero-order valence-corrected chi connectivity index (χ0v) is 25.7. The second-order valence-corrected chi connectivity index (χ2v) is 15.2. The van der Waals surface area contributed by atoms with Gasteiger partial charge < -0.3 is 34.6 Å². The Kier molecular flexibility index (Phi) is 7.79. The summed E-state index contributed by atoms with van der Waals surface area (Å²) in [7, 11) is 0. The predicted molar refractivity (Wildman–Crippen MR) is 152 cm³/mol. The van der Waals surface area contributed by atoms with E-state index in [1.165, 1.54) is 0 Å². The van der Waals surface area contributed by atoms with Crippen LogP contribution in [0.1, 0.15) is 85.5 Å². The average Bonchev–Trinajstić information content (AvgIpc) is 3.38. The van der Waals surface area contributed by atoms with Crippen LogP contribution in [0.5, 0.6) is 0 Å². The van der Waals surface area contributed by atoms with Gasteiger partial charge in [-0.05, 0) is 78.9 Å². The summed E-state index contributed by atoms with van der Waals surface area (Å²) in [5, 5.41) is 39.5. The number of aliphatic carboxylic acids is 2. The molecule has 2 aliphatic heterocycles. The van der Waals surface area contributed by atoms with Gasteiger partial charge in [0.25, 0.3) is 0 Å². The van der Waals surface area contributed by atoms with E-state index in [1.807, 2.05) is 0 Å². The molecule has 240 valence electrons. The van der Waals surface area contributed by atoms with Crippen LogP contribution in [-0.2, 0) is 28.6 Å². The Morgan fingerprint density at radius 3 is 2.51 bits per heavy atom. The van der Waals surface area contributed by atoms with E-state index in [0.717, 1.165) is 50.7 Å². The van der Waals surface area contributed by atoms with Gasteiger partial charge in [0.15, 0.2) is 11.9 Å². The molecule has 6 aliphatic rings. The number of hydrogen-bond donors (Lipinski definition) is 4. The number of carbonyl (C=O) groups excluding carboxylic acids is 1. The molecule has 0 bridgehead atoms. The maximum atomic E-state index is 12.9. The highest BCUT2D eigenvalue weighted by atomic mass is 16.7. The molecule has 4 aliphatic carbocycles. The maximum Gasteiger partial charge on any atom is 0.333 e. The van der Waals surface area contributed by atoms with Crippen LogP contribution in [0, 0.1) is 52.3 Å². The van der Waals surface area contributed by atoms with Gasteiger partial charge in [-0.1, -0.05) is 39.3 Å². The summed E-state index contributed by atoms with van der Waals surface area (Å²) >= 11 is 0. The van der Waals surface area contributed by atoms with Crippen molar-refractivity contribution in [1.82, 2.24) is 0 Å². The van der Waals surface area contributed by atoms with E-state index >= 15 is 0 Å². The molecule has 10 heteroatoms. The van der Waals surface area contributed by atoms with Crippen molar-refractivity contribution in [2.75, 3.05) is 6.61 Å². The first-order valence-electron chi connectivity index (χ1n) is 16.2. The smallest absolute Gasteiger partial charge is 0.333 e. The second-order valence-electron chi connectivity index (χ2n) is 15.2. The van der Waals surface area contributed by atoms with Gasteiger partial charge in [-0.15, -0.1) is 0 Å². The molecule has 0 radical (unpaired) electrons. The van der Waals surface area contributed by atoms with Gasteiger partial charge in [-0.2, -0.15) is 0 Å². The van der Waals surface area contributed by atoms with Crippen LogP contribution in [0.15, 0.2) is 11.6 Å². The number of carboxylic acid groups (broad SMARTS) is 2. The molecule has 6 rings (SSSR count). The van der Waals surface area contributed by atoms with Gasteiger partial charge in [0.05, 0.1) is 25.2 Å². The summed E-state index contributed by atoms with van der Waals surface area (Å²) in [6.07, 6.45) is 4.39. The molecule has 0 aromatic heterocycles. The lowest BCUT2D eigenvalue weighted by atomic mass is 9.46. The first-order chi connectivity index (χ1) is 20.2. The highest BCUT2D eigenvalue weighted by molar-refractivity contribution is 5.86. The summed E-state index contributed by atoms with van der Waals surface area (Å²) in [6.45, 7) is 10.1. The quantitative estimate of drug-likeness (QED) is 0.260. The van der Waals surface area contributed by atoms with E-state index in [9.17, 15) is 29.7 Å². The van der Waals surface area contributed by atoms with Crippen molar-refractivity contribution >= 4 is 17.9 Å². The number of carbonyl (C=O) groups is 3. The number of aliphatic hydroxyl groups is 2. The molecule has 0 amide bonds. The Bertz CT molecular complexity index is 1170. The molecule has 2 saturated heterocycles. The maximum absolute atomic E-state index is 12.9. The minimum Gasteiger partial charge on any atom is -0.481 e. The lowest BCUT2D eigenvalue weighted by Gasteiger charge is -2.59. The molecule has 14 atom stereocenters. The van der Waals surface area contributed by atoms with Gasteiger partial charge in [0, 0.05) is 18.8 Å². The van der Waals surface area contributed by atoms with Crippen LogP contribution in [0.4, 0.5) is 0 Å². The lowest BCUT2D eigenvalue weighted by molar-refractivity contribution is -0.272. The summed E-state index contributed by atoms with van der Waals surface area (Å²) in [5.74, 6) is -3.70. The molecule has 2 unspecified atom stereocenters. The molecular weight excluding hydrogens is 556 g/mol. The normalized spacial score (nSPS) is 48.2. The van der Waals surface area contributed by atoms with E-state index in [4.69, 9.17) is 19.3 Å². The fourth-order valence-corrected chi connectivity index (χ4v) is 10.7. The van der Waals surface area contributed by atoms with Crippen molar-refractivity contribution in [1.29, 1.82) is 0 Å². The number of rotatable bonds is 6. The number of fused-ring (bicyclic) bond motifs is 7. The second kappa shape index (κ2) is 10.8. The minimum atomic E-state index is -2.21. The van der Waals surface area contributed by atoms with Crippen molar-refractivity contribution in [3.63, 3.8) is 0 Å². The first-order valence-corrected chi connectivity index (χ1v) is 16.2. The van der Waals surface area contributed by atoms with Crippen LogP contribution in [0.3, 0.4) is 0 Å². The SMILES string of the molecule is C[C@@H]1CC[C@@]2(OC1)O[C@H]1C[C@H]3[C@@H]4CC=C5C[C@@H](OC(=O)C(CC(=O)O)C(O)C(=O)O)[C@H](O)C[C@]5(C)[C@H]4CC[C@]3(C)[C@H]1[C@@H]2C. The number of esters is 1. The van der Waals surface area contributed by atoms with E-state index in [2.05, 4.69) is 33.8 Å². The van der Waals surface area contributed by atoms with Gasteiger partial charge in [0.2, 0.25) is 0 Å². The number of carboxylic acids is 2. The third-order valence-corrected chi connectivity index (χ3v) is 13.0. The lowest BCUT2D eigenvalue weighted by Crippen LogP contribution is -2.54. The van der Waals surface area contributed by atoms with E-state index in [0.29, 0.717) is 48.3 Å². The van der Waals surface area contributed by atoms with Crippen molar-refractivity contribution in [2.45, 2.75) is 116 Å². The van der Waals surface area contributed by atoms with Crippen LogP contribution >= 0.6 is 0 Å². The molecule has 43 heavy (non-hydrogen) atoms. The van der Waals surface area contributed by atoms with Gasteiger partial charge in [-0.3, -0.25) is 9.59 Å². The fraction of sp³-hybridized carbons (Fsp3) is 0.848. The predicted octanol–water partition coefficient (Wildman–Crippen LogP) is 3.77. The molecule has 4 N–H and O–H groups in total. The number of allylic oxidation sites excluding steroid dienone is 1. The van der Waals surface area contributed by atoms with Crippen molar-refractivity contribution < 1.29 is 49.0 Å². The van der Waals surface area contributed by atoms with Crippen molar-refractivity contribution in [3.8, 4) is 0 Å². The Hall–Kier alpha value is -2.01. The van der Waals surface area contributed by atoms with Crippen molar-refractivity contribution in [3.05, 3.63) is 11.6 Å². The van der Waals surface area contributed by atoms with Gasteiger partial charge in [-0.25, -0.2) is 4.79 Å². The molecule has 0 aromatic rings. The average molecular weight is 605 g/mol. The highest BCUT2D eigenvalue weighted by Gasteiger charge is 2.69. The summed E-state index contributed by atoms with van der Waals surface area (Å²) in [6, 6.07) is 0. The van der Waals surface area contributed by atoms with Gasteiger partial charge >= 0.3 is 17.9 Å². The first kappa shape index (κ1) is 31.0. The molecule has 0 aromatic carbocycles. The Morgan fingerprint density at radius 2 is 1.86 bits per heavy atom. The zero-order valence-electron chi connectivity index (χ0n) is 25.7. The number of ether oxygens (including phenoxy) is 3. The molecule has 1 spiro atoms. The third kappa shape index (κ3) is 4.86. The standard InChI is InChI=1S/C33H48O10/c1-16-7-10-33(41-15-16)17(2)27-25(43-33)13-22-19-6-5-18-11-24(42-30(40)20(12-26(35)36)28(37)29(38)39)23(34)14-32(18,4)21(19)8-9-31(22,27)3/h5,16-17,19-25,27-28,34,37H,6-15H2,1-4H3,(H,35,36)(H,38,39)/t16-,17+,19-,20?,21+,22+,23-,24-,25+,27+,28?,31+,32+,33-/m1/s1. The van der Waals surface area contributed by atoms with E-state index in [1.54, 1.807) is 0 Å². The van der Waals surface area contributed by atoms with E-state index in [-0.39, 0.29) is 16.9 Å². The fourth-order valence-electron chi connectivity index (χ4n) is 10.7. The molecule has 2 heterocycles. The van der Waals surface area contributed by atoms with Crippen LogP contribution in [-0.4, -0.2) is 75.1 Å². The largest absolute Gasteiger partial charge is 0.481 e. The molecule has 10 nitrogen and oxygen atoms in total. The summed E-state index contributed by atoms with van der Waals surface area (Å²) in [4.78, 5) is 35.4. The highest BCUT2D eigenvalue weighted by Crippen LogP contribution is 2.70. The molecule has 3 saturated carbocycles. The van der Waals surface area contributed by atoms with Crippen LogP contribution in [0.25, 0.3) is 0 Å².